The van der Waals surface area contributed by atoms with E-state index in [1.54, 1.807) is 0 Å². The average Bonchev–Trinajstić information content (AvgIpc) is 2.16. The largest absolute Gasteiger partial charge is 0.493 e. The van der Waals surface area contributed by atoms with Crippen LogP contribution in [0.3, 0.4) is 0 Å². The number of hydrogen-bond donors (Lipinski definition) is 1. The summed E-state index contributed by atoms with van der Waals surface area (Å²) >= 11 is 0. The van der Waals surface area contributed by atoms with Crippen LogP contribution in [0.5, 0.6) is 5.75 Å². The first-order valence-corrected chi connectivity index (χ1v) is 3.68. The van der Waals surface area contributed by atoms with Crippen molar-refractivity contribution in [3.63, 3.8) is 0 Å². The molecule has 1 aromatic heterocycles. The van der Waals surface area contributed by atoms with Crippen molar-refractivity contribution in [3.05, 3.63) is 17.3 Å². The van der Waals surface area contributed by atoms with Gasteiger partial charge in [-0.15, -0.1) is 0 Å². The van der Waals surface area contributed by atoms with Gasteiger partial charge in [-0.1, -0.05) is 0 Å². The zero-order chi connectivity index (χ0) is 10.7. The highest BCUT2D eigenvalue weighted by Gasteiger charge is 2.17. The molecule has 1 aromatic rings. The van der Waals surface area contributed by atoms with Crippen LogP contribution in [0.25, 0.3) is 0 Å². The van der Waals surface area contributed by atoms with Gasteiger partial charge in [0.15, 0.2) is 17.9 Å². The topological polar surface area (TPSA) is 65.2 Å². The summed E-state index contributed by atoms with van der Waals surface area (Å²) < 4.78 is 29.4. The maximum Gasteiger partial charge on any atom is 0.266 e. The Morgan fingerprint density at radius 2 is 2.29 bits per heavy atom. The lowest BCUT2D eigenvalue weighted by Crippen LogP contribution is -2.03. The molecule has 0 aliphatic rings. The number of pyridine rings is 1. The molecule has 6 heteroatoms. The van der Waals surface area contributed by atoms with Gasteiger partial charge in [0.05, 0.1) is 12.7 Å². The number of methoxy groups -OCH3 is 1. The number of nitrogens with two attached hydrogens (primary N) is 1. The van der Waals surface area contributed by atoms with E-state index in [1.165, 1.54) is 7.11 Å². The van der Waals surface area contributed by atoms with E-state index < -0.39 is 12.0 Å². The Hall–Kier alpha value is -1.72. The van der Waals surface area contributed by atoms with Crippen LogP contribution in [0.1, 0.15) is 22.5 Å². The summed E-state index contributed by atoms with van der Waals surface area (Å²) in [6, 6.07) is 1.01. The molecule has 0 atom stereocenters. The first-order valence-electron chi connectivity index (χ1n) is 3.68. The Labute approximate surface area is 78.7 Å². The number of nitrogen functional groups attached to an aromatic ring is 1. The molecule has 0 saturated heterocycles. The average molecular weight is 202 g/mol. The maximum absolute atomic E-state index is 12.4. The summed E-state index contributed by atoms with van der Waals surface area (Å²) in [7, 11) is 1.28. The molecule has 0 spiro atoms. The summed E-state index contributed by atoms with van der Waals surface area (Å²) in [6.45, 7) is 0. The molecule has 2 N–H and O–H groups in total. The quantitative estimate of drug-likeness (QED) is 0.753. The van der Waals surface area contributed by atoms with Gasteiger partial charge in [-0.3, -0.25) is 4.79 Å². The Morgan fingerprint density at radius 1 is 1.64 bits per heavy atom. The molecule has 0 amide bonds. The number of anilines is 1. The van der Waals surface area contributed by atoms with E-state index in [0.717, 1.165) is 6.07 Å². The van der Waals surface area contributed by atoms with E-state index in [4.69, 9.17) is 10.5 Å². The fraction of sp³-hybridized carbons (Fsp3) is 0.250. The van der Waals surface area contributed by atoms with Gasteiger partial charge in [0.2, 0.25) is 0 Å². The van der Waals surface area contributed by atoms with Crippen molar-refractivity contribution in [2.45, 2.75) is 6.43 Å². The van der Waals surface area contributed by atoms with Gasteiger partial charge in [-0.05, 0) is 6.07 Å². The molecule has 0 aliphatic heterocycles. The molecule has 0 aromatic carbocycles. The molecule has 4 nitrogen and oxygen atoms in total. The minimum absolute atomic E-state index is 0.0332. The van der Waals surface area contributed by atoms with Crippen LogP contribution in [0, 0.1) is 0 Å². The van der Waals surface area contributed by atoms with Crippen LogP contribution >= 0.6 is 0 Å². The number of carbonyl (C=O) groups is 1. The van der Waals surface area contributed by atoms with E-state index in [-0.39, 0.29) is 23.5 Å². The maximum atomic E-state index is 12.4. The van der Waals surface area contributed by atoms with Crippen molar-refractivity contribution in [2.24, 2.45) is 0 Å². The highest BCUT2D eigenvalue weighted by atomic mass is 19.3. The van der Waals surface area contributed by atoms with E-state index in [9.17, 15) is 13.6 Å². The van der Waals surface area contributed by atoms with Gasteiger partial charge in [0.1, 0.15) is 5.69 Å². The number of hydrogen-bond acceptors (Lipinski definition) is 4. The van der Waals surface area contributed by atoms with Crippen LogP contribution in [0.2, 0.25) is 0 Å². The second kappa shape index (κ2) is 3.99. The van der Waals surface area contributed by atoms with Crippen LogP contribution in [0.15, 0.2) is 6.07 Å². The lowest BCUT2D eigenvalue weighted by Gasteiger charge is -2.08. The lowest BCUT2D eigenvalue weighted by molar-refractivity contribution is 0.110. The van der Waals surface area contributed by atoms with Crippen molar-refractivity contribution in [1.29, 1.82) is 0 Å². The fourth-order valence-electron chi connectivity index (χ4n) is 0.971. The number of halogens is 2. The molecule has 76 valence electrons. The van der Waals surface area contributed by atoms with Crippen molar-refractivity contribution in [2.75, 3.05) is 12.8 Å². The minimum Gasteiger partial charge on any atom is -0.493 e. The molecule has 0 fully saturated rings. The van der Waals surface area contributed by atoms with E-state index >= 15 is 0 Å². The number of ether oxygens (including phenoxy) is 1. The second-order valence-corrected chi connectivity index (χ2v) is 2.47. The van der Waals surface area contributed by atoms with Gasteiger partial charge in [-0.2, -0.15) is 0 Å². The predicted octanol–water partition coefficient (Wildman–Crippen LogP) is 1.42. The molecule has 0 unspecified atom stereocenters. The van der Waals surface area contributed by atoms with Gasteiger partial charge in [0, 0.05) is 0 Å². The normalized spacial score (nSPS) is 10.3. The molecule has 0 bridgehead atoms. The fourth-order valence-corrected chi connectivity index (χ4v) is 0.971. The summed E-state index contributed by atoms with van der Waals surface area (Å²) in [5, 5.41) is 0. The number of nitrogens with zero attached hydrogens (tertiary/aromatic N) is 1. The zero-order valence-electron chi connectivity index (χ0n) is 7.33. The molecule has 0 radical (unpaired) electrons. The Morgan fingerprint density at radius 3 is 2.71 bits per heavy atom. The molecular weight excluding hydrogens is 194 g/mol. The third-order valence-corrected chi connectivity index (χ3v) is 1.64. The highest BCUT2D eigenvalue weighted by Crippen LogP contribution is 2.28. The van der Waals surface area contributed by atoms with Crippen molar-refractivity contribution in [3.8, 4) is 5.75 Å². The zero-order valence-corrected chi connectivity index (χ0v) is 7.33. The summed E-state index contributed by atoms with van der Waals surface area (Å²) in [6.07, 6.45) is -2.55. The number of carbonyl (C=O) groups excluding carboxylic acids is 1. The van der Waals surface area contributed by atoms with Crippen LogP contribution < -0.4 is 10.5 Å². The Bertz CT molecular complexity index is 355. The lowest BCUT2D eigenvalue weighted by atomic mass is 10.2. The van der Waals surface area contributed by atoms with Crippen LogP contribution in [0.4, 0.5) is 14.6 Å². The summed E-state index contributed by atoms with van der Waals surface area (Å²) in [5.41, 5.74) is 4.49. The van der Waals surface area contributed by atoms with Crippen molar-refractivity contribution < 1.29 is 18.3 Å². The van der Waals surface area contributed by atoms with Crippen LogP contribution in [-0.2, 0) is 0 Å². The number of rotatable bonds is 3. The first kappa shape index (κ1) is 10.4. The summed E-state index contributed by atoms with van der Waals surface area (Å²) in [5.74, 6) is -0.0510. The predicted molar refractivity (Wildman–Crippen MR) is 45.5 cm³/mol. The molecule has 0 aliphatic carbocycles. The van der Waals surface area contributed by atoms with Gasteiger partial charge >= 0.3 is 0 Å². The number of aromatic nitrogens is 1. The third-order valence-electron chi connectivity index (χ3n) is 1.64. The smallest absolute Gasteiger partial charge is 0.266 e. The Kier molecular flexibility index (Phi) is 2.95. The highest BCUT2D eigenvalue weighted by molar-refractivity contribution is 5.76. The number of alkyl halides is 2. The second-order valence-electron chi connectivity index (χ2n) is 2.47. The molecule has 1 heterocycles. The standard InChI is InChI=1S/C8H8F2N2O2/c1-14-6-2-4(7(9)10)5(3-13)12-8(6)11/h2-3,7H,1H3,(H2,11,12). The van der Waals surface area contributed by atoms with E-state index in [2.05, 4.69) is 4.98 Å². The van der Waals surface area contributed by atoms with E-state index in [0.29, 0.717) is 0 Å². The molecule has 0 saturated carbocycles. The number of aldehydes is 1. The third kappa shape index (κ3) is 1.78. The SMILES string of the molecule is COc1cc(C(F)F)c(C=O)nc1N. The van der Waals surface area contributed by atoms with Gasteiger partial charge in [-0.25, -0.2) is 13.8 Å². The van der Waals surface area contributed by atoms with Crippen molar-refractivity contribution in [1.82, 2.24) is 4.98 Å². The molecule has 1 rings (SSSR count). The van der Waals surface area contributed by atoms with E-state index in [1.807, 2.05) is 0 Å². The van der Waals surface area contributed by atoms with Gasteiger partial charge < -0.3 is 10.5 Å². The van der Waals surface area contributed by atoms with Crippen molar-refractivity contribution >= 4 is 12.1 Å². The monoisotopic (exact) mass is 202 g/mol. The molecular formula is C8H8F2N2O2. The first-order chi connectivity index (χ1) is 6.60. The Balaban J connectivity index is 3.32. The molecule has 14 heavy (non-hydrogen) atoms. The minimum atomic E-state index is -2.78. The summed E-state index contributed by atoms with van der Waals surface area (Å²) in [4.78, 5) is 13.9. The van der Waals surface area contributed by atoms with Gasteiger partial charge in [0.25, 0.3) is 6.43 Å². The van der Waals surface area contributed by atoms with Crippen LogP contribution in [-0.4, -0.2) is 18.4 Å².